The average Bonchev–Trinajstić information content (AvgIpc) is 1.84. The molecule has 1 N–H and O–H groups in total. The molecule has 0 bridgehead atoms. The van der Waals surface area contributed by atoms with Crippen molar-refractivity contribution < 1.29 is 0 Å². The third-order valence-electron chi connectivity index (χ3n) is 2.64. The van der Waals surface area contributed by atoms with Gasteiger partial charge in [0.05, 0.1) is 0 Å². The topological polar surface area (TPSA) is 12.0 Å². The van der Waals surface area contributed by atoms with Crippen molar-refractivity contribution in [2.24, 2.45) is 11.3 Å². The highest BCUT2D eigenvalue weighted by Gasteiger charge is 2.32. The summed E-state index contributed by atoms with van der Waals surface area (Å²) < 4.78 is 0. The molecule has 1 heteroatoms. The first-order valence-electron chi connectivity index (χ1n) is 4.37. The van der Waals surface area contributed by atoms with Crippen LogP contribution in [0.1, 0.15) is 33.6 Å². The van der Waals surface area contributed by atoms with Crippen molar-refractivity contribution in [3.63, 3.8) is 0 Å². The zero-order chi connectivity index (χ0) is 7.61. The first-order valence-corrected chi connectivity index (χ1v) is 4.37. The number of hydrogen-bond donors (Lipinski definition) is 1. The van der Waals surface area contributed by atoms with Crippen LogP contribution in [0.3, 0.4) is 0 Å². The smallest absolute Gasteiger partial charge is 0.00177 e. The Morgan fingerprint density at radius 2 is 2.10 bits per heavy atom. The zero-order valence-electron chi connectivity index (χ0n) is 7.41. The van der Waals surface area contributed by atoms with E-state index < -0.39 is 0 Å². The van der Waals surface area contributed by atoms with Crippen molar-refractivity contribution in [3.05, 3.63) is 0 Å². The number of rotatable bonds is 3. The number of hydrogen-bond acceptors (Lipinski definition) is 1. The Labute approximate surface area is 64.2 Å². The Kier molecular flexibility index (Phi) is 2.35. The predicted octanol–water partition coefficient (Wildman–Crippen LogP) is 2.03. The molecule has 1 aliphatic rings. The van der Waals surface area contributed by atoms with Gasteiger partial charge in [-0.15, -0.1) is 0 Å². The van der Waals surface area contributed by atoms with Crippen molar-refractivity contribution in [3.8, 4) is 0 Å². The van der Waals surface area contributed by atoms with Crippen LogP contribution in [0.15, 0.2) is 0 Å². The van der Waals surface area contributed by atoms with Crippen LogP contribution in [0.4, 0.5) is 0 Å². The van der Waals surface area contributed by atoms with Crippen LogP contribution in [0.5, 0.6) is 0 Å². The molecule has 0 aliphatic carbocycles. The van der Waals surface area contributed by atoms with E-state index in [1.165, 1.54) is 25.9 Å². The fraction of sp³-hybridized carbons (Fsp3) is 1.00. The van der Waals surface area contributed by atoms with Gasteiger partial charge < -0.3 is 5.32 Å². The Bertz CT molecular complexity index is 105. The van der Waals surface area contributed by atoms with Crippen LogP contribution >= 0.6 is 0 Å². The van der Waals surface area contributed by atoms with Gasteiger partial charge in [-0.1, -0.05) is 27.2 Å². The molecule has 1 heterocycles. The molecule has 0 radical (unpaired) electrons. The molecular formula is C9H19N. The van der Waals surface area contributed by atoms with Crippen molar-refractivity contribution in [2.75, 3.05) is 13.1 Å². The van der Waals surface area contributed by atoms with E-state index in [0.29, 0.717) is 5.41 Å². The molecule has 0 spiro atoms. The summed E-state index contributed by atoms with van der Waals surface area (Å²) in [6.07, 6.45) is 2.73. The summed E-state index contributed by atoms with van der Waals surface area (Å²) in [5.74, 6) is 0.909. The second kappa shape index (κ2) is 2.91. The lowest BCUT2D eigenvalue weighted by atomic mass is 9.76. The van der Waals surface area contributed by atoms with Gasteiger partial charge in [-0.25, -0.2) is 0 Å². The lowest BCUT2D eigenvalue weighted by Gasteiger charge is -2.41. The van der Waals surface area contributed by atoms with Gasteiger partial charge in [-0.2, -0.15) is 0 Å². The average molecular weight is 141 g/mol. The van der Waals surface area contributed by atoms with Gasteiger partial charge in [0.25, 0.3) is 0 Å². The minimum atomic E-state index is 0.634. The van der Waals surface area contributed by atoms with Crippen molar-refractivity contribution >= 4 is 0 Å². The summed E-state index contributed by atoms with van der Waals surface area (Å²) in [7, 11) is 0. The highest BCUT2D eigenvalue weighted by molar-refractivity contribution is 4.88. The summed E-state index contributed by atoms with van der Waals surface area (Å²) in [6.45, 7) is 9.48. The van der Waals surface area contributed by atoms with E-state index in [-0.39, 0.29) is 0 Å². The van der Waals surface area contributed by atoms with E-state index in [4.69, 9.17) is 0 Å². The lowest BCUT2D eigenvalue weighted by molar-refractivity contribution is 0.150. The van der Waals surface area contributed by atoms with Crippen LogP contribution < -0.4 is 5.32 Å². The Hall–Kier alpha value is -0.0400. The molecule has 0 aromatic heterocycles. The van der Waals surface area contributed by atoms with E-state index in [1.807, 2.05) is 0 Å². The Morgan fingerprint density at radius 1 is 1.50 bits per heavy atom. The molecule has 1 saturated heterocycles. The van der Waals surface area contributed by atoms with Gasteiger partial charge in [0, 0.05) is 13.1 Å². The summed E-state index contributed by atoms with van der Waals surface area (Å²) in [4.78, 5) is 0. The second-order valence-electron chi connectivity index (χ2n) is 4.13. The molecule has 1 rings (SSSR count). The molecular weight excluding hydrogens is 122 g/mol. The number of nitrogens with one attached hydrogen (secondary N) is 1. The fourth-order valence-electron chi connectivity index (χ4n) is 1.68. The maximum atomic E-state index is 3.33. The van der Waals surface area contributed by atoms with Crippen LogP contribution in [-0.4, -0.2) is 13.1 Å². The summed E-state index contributed by atoms with van der Waals surface area (Å²) in [5, 5.41) is 3.33. The zero-order valence-corrected chi connectivity index (χ0v) is 7.41. The molecule has 1 atom stereocenters. The van der Waals surface area contributed by atoms with E-state index in [0.717, 1.165) is 5.92 Å². The molecule has 1 fully saturated rings. The van der Waals surface area contributed by atoms with Crippen LogP contribution in [0, 0.1) is 11.3 Å². The second-order valence-corrected chi connectivity index (χ2v) is 4.13. The van der Waals surface area contributed by atoms with E-state index in [9.17, 15) is 0 Å². The summed E-state index contributed by atoms with van der Waals surface area (Å²) in [5.41, 5.74) is 0.634. The maximum absolute atomic E-state index is 3.33. The standard InChI is InChI=1S/C9H19N/c1-4-8(2)5-9(3)6-10-7-9/h8,10H,4-7H2,1-3H3. The summed E-state index contributed by atoms with van der Waals surface area (Å²) >= 11 is 0. The van der Waals surface area contributed by atoms with Crippen molar-refractivity contribution in [2.45, 2.75) is 33.6 Å². The molecule has 1 aliphatic heterocycles. The third kappa shape index (κ3) is 1.72. The van der Waals surface area contributed by atoms with Gasteiger partial charge in [0.2, 0.25) is 0 Å². The van der Waals surface area contributed by atoms with E-state index >= 15 is 0 Å². The Balaban J connectivity index is 2.22. The molecule has 0 aromatic carbocycles. The van der Waals surface area contributed by atoms with Crippen molar-refractivity contribution in [1.82, 2.24) is 5.32 Å². The van der Waals surface area contributed by atoms with E-state index in [2.05, 4.69) is 26.1 Å². The van der Waals surface area contributed by atoms with Gasteiger partial charge in [0.1, 0.15) is 0 Å². The van der Waals surface area contributed by atoms with E-state index in [1.54, 1.807) is 0 Å². The van der Waals surface area contributed by atoms with Crippen LogP contribution in [0.2, 0.25) is 0 Å². The molecule has 1 unspecified atom stereocenters. The minimum absolute atomic E-state index is 0.634. The lowest BCUT2D eigenvalue weighted by Crippen LogP contribution is -2.52. The van der Waals surface area contributed by atoms with Crippen LogP contribution in [0.25, 0.3) is 0 Å². The first-order chi connectivity index (χ1) is 4.66. The quantitative estimate of drug-likeness (QED) is 0.634. The molecule has 1 nitrogen and oxygen atoms in total. The normalized spacial score (nSPS) is 25.5. The minimum Gasteiger partial charge on any atom is -0.316 e. The fourth-order valence-corrected chi connectivity index (χ4v) is 1.68. The van der Waals surface area contributed by atoms with Gasteiger partial charge in [-0.05, 0) is 17.8 Å². The highest BCUT2D eigenvalue weighted by atomic mass is 15.0. The van der Waals surface area contributed by atoms with Gasteiger partial charge >= 0.3 is 0 Å². The molecule has 0 saturated carbocycles. The monoisotopic (exact) mass is 141 g/mol. The Morgan fingerprint density at radius 3 is 2.40 bits per heavy atom. The van der Waals surface area contributed by atoms with Gasteiger partial charge in [-0.3, -0.25) is 0 Å². The SMILES string of the molecule is CCC(C)CC1(C)CNC1. The largest absolute Gasteiger partial charge is 0.316 e. The van der Waals surface area contributed by atoms with Crippen molar-refractivity contribution in [1.29, 1.82) is 0 Å². The van der Waals surface area contributed by atoms with Crippen LogP contribution in [-0.2, 0) is 0 Å². The molecule has 10 heavy (non-hydrogen) atoms. The molecule has 60 valence electrons. The third-order valence-corrected chi connectivity index (χ3v) is 2.64. The summed E-state index contributed by atoms with van der Waals surface area (Å²) in [6, 6.07) is 0. The molecule has 0 aromatic rings. The maximum Gasteiger partial charge on any atom is 0.00177 e. The predicted molar refractivity (Wildman–Crippen MR) is 45.0 cm³/mol. The first kappa shape index (κ1) is 8.06. The highest BCUT2D eigenvalue weighted by Crippen LogP contribution is 2.30. The molecule has 0 amide bonds. The van der Waals surface area contributed by atoms with Gasteiger partial charge in [0.15, 0.2) is 0 Å².